The molecule has 20 heavy (non-hydrogen) atoms. The van der Waals surface area contributed by atoms with E-state index in [0.29, 0.717) is 0 Å². The molecule has 0 amide bonds. The lowest BCUT2D eigenvalue weighted by Crippen LogP contribution is -2.05. The molecular weight excluding hydrogens is 269 g/mol. The van der Waals surface area contributed by atoms with Crippen molar-refractivity contribution in [2.24, 2.45) is 5.10 Å². The van der Waals surface area contributed by atoms with Crippen LogP contribution in [0.2, 0.25) is 0 Å². The zero-order valence-corrected chi connectivity index (χ0v) is 10.3. The smallest absolute Gasteiger partial charge is 0.387 e. The molecule has 3 nitrogen and oxygen atoms in total. The lowest BCUT2D eigenvalue weighted by Gasteiger charge is -2.06. The Hall–Kier alpha value is -2.50. The number of alkyl halides is 2. The summed E-state index contributed by atoms with van der Waals surface area (Å²) in [6.45, 7) is -3.07. The zero-order valence-electron chi connectivity index (χ0n) is 10.3. The fourth-order valence-corrected chi connectivity index (χ4v) is 1.50. The number of benzene rings is 2. The summed E-state index contributed by atoms with van der Waals surface area (Å²) in [4.78, 5) is 0. The molecule has 2 aromatic rings. The zero-order chi connectivity index (χ0) is 14.4. The standard InChI is InChI=1S/C14H11F3N2O/c15-13-10(5-4-8-12(13)20-14(16)17)9-18-19-11-6-2-1-3-7-11/h1-9,14,19H. The molecule has 6 heteroatoms. The van der Waals surface area contributed by atoms with Gasteiger partial charge in [-0.1, -0.05) is 30.3 Å². The van der Waals surface area contributed by atoms with E-state index in [1.54, 1.807) is 12.1 Å². The fourth-order valence-electron chi connectivity index (χ4n) is 1.50. The van der Waals surface area contributed by atoms with Gasteiger partial charge in [0, 0.05) is 5.56 Å². The van der Waals surface area contributed by atoms with Crippen molar-refractivity contribution in [1.29, 1.82) is 0 Å². The first kappa shape index (κ1) is 13.9. The Morgan fingerprint density at radius 1 is 1.05 bits per heavy atom. The van der Waals surface area contributed by atoms with Gasteiger partial charge in [0.2, 0.25) is 0 Å². The Bertz CT molecular complexity index is 588. The number of rotatable bonds is 5. The number of hydrogen-bond donors (Lipinski definition) is 1. The van der Waals surface area contributed by atoms with Crippen LogP contribution in [0, 0.1) is 5.82 Å². The first-order valence-electron chi connectivity index (χ1n) is 5.74. The van der Waals surface area contributed by atoms with E-state index >= 15 is 0 Å². The third-order valence-electron chi connectivity index (χ3n) is 2.38. The number of nitrogens with zero attached hydrogens (tertiary/aromatic N) is 1. The van der Waals surface area contributed by atoms with Gasteiger partial charge in [-0.25, -0.2) is 4.39 Å². The maximum Gasteiger partial charge on any atom is 0.387 e. The van der Waals surface area contributed by atoms with Crippen molar-refractivity contribution < 1.29 is 17.9 Å². The monoisotopic (exact) mass is 280 g/mol. The second-order valence-electron chi connectivity index (χ2n) is 3.77. The molecule has 0 atom stereocenters. The summed E-state index contributed by atoms with van der Waals surface area (Å²) in [6.07, 6.45) is 1.20. The average molecular weight is 280 g/mol. The second kappa shape index (κ2) is 6.60. The van der Waals surface area contributed by atoms with Crippen LogP contribution in [0.4, 0.5) is 18.9 Å². The summed E-state index contributed by atoms with van der Waals surface area (Å²) in [5.41, 5.74) is 3.47. The first-order valence-corrected chi connectivity index (χ1v) is 5.74. The fraction of sp³-hybridized carbons (Fsp3) is 0.0714. The van der Waals surface area contributed by atoms with Gasteiger partial charge in [-0.2, -0.15) is 13.9 Å². The highest BCUT2D eigenvalue weighted by Crippen LogP contribution is 2.21. The Morgan fingerprint density at radius 3 is 2.50 bits per heavy atom. The summed E-state index contributed by atoms with van der Waals surface area (Å²) < 4.78 is 42.0. The average Bonchev–Trinajstić information content (AvgIpc) is 2.43. The minimum Gasteiger partial charge on any atom is -0.432 e. The van der Waals surface area contributed by atoms with E-state index in [1.165, 1.54) is 18.3 Å². The minimum atomic E-state index is -3.07. The molecule has 2 aromatic carbocycles. The quantitative estimate of drug-likeness (QED) is 0.666. The normalized spacial score (nSPS) is 11.0. The van der Waals surface area contributed by atoms with Crippen molar-refractivity contribution in [2.45, 2.75) is 6.61 Å². The van der Waals surface area contributed by atoms with Crippen LogP contribution in [0.3, 0.4) is 0 Å². The number of hydrogen-bond acceptors (Lipinski definition) is 3. The van der Waals surface area contributed by atoms with Crippen LogP contribution in [-0.4, -0.2) is 12.8 Å². The van der Waals surface area contributed by atoms with Crippen LogP contribution < -0.4 is 10.2 Å². The Labute approximate surface area is 113 Å². The summed E-state index contributed by atoms with van der Waals surface area (Å²) in [5.74, 6) is -1.39. The maximum atomic E-state index is 13.8. The number of nitrogens with one attached hydrogen (secondary N) is 1. The van der Waals surface area contributed by atoms with Gasteiger partial charge < -0.3 is 4.74 Å². The molecular formula is C14H11F3N2O. The summed E-state index contributed by atoms with van der Waals surface area (Å²) in [7, 11) is 0. The van der Waals surface area contributed by atoms with Crippen molar-refractivity contribution in [3.8, 4) is 5.75 Å². The van der Waals surface area contributed by atoms with E-state index < -0.39 is 18.2 Å². The van der Waals surface area contributed by atoms with Crippen molar-refractivity contribution >= 4 is 11.9 Å². The summed E-state index contributed by atoms with van der Waals surface area (Å²) in [5, 5.41) is 3.83. The van der Waals surface area contributed by atoms with Crippen LogP contribution in [0.1, 0.15) is 5.56 Å². The third kappa shape index (κ3) is 3.74. The van der Waals surface area contributed by atoms with Crippen LogP contribution in [0.5, 0.6) is 5.75 Å². The molecule has 0 saturated heterocycles. The van der Waals surface area contributed by atoms with E-state index in [-0.39, 0.29) is 5.56 Å². The first-order chi connectivity index (χ1) is 9.66. The maximum absolute atomic E-state index is 13.8. The predicted molar refractivity (Wildman–Crippen MR) is 70.7 cm³/mol. The second-order valence-corrected chi connectivity index (χ2v) is 3.77. The highest BCUT2D eigenvalue weighted by atomic mass is 19.3. The van der Waals surface area contributed by atoms with Crippen molar-refractivity contribution in [2.75, 3.05) is 5.43 Å². The molecule has 0 aliphatic heterocycles. The third-order valence-corrected chi connectivity index (χ3v) is 2.38. The summed E-state index contributed by atoms with van der Waals surface area (Å²) >= 11 is 0. The van der Waals surface area contributed by atoms with E-state index in [1.807, 2.05) is 18.2 Å². The Morgan fingerprint density at radius 2 is 1.80 bits per heavy atom. The molecule has 104 valence electrons. The number of anilines is 1. The molecule has 0 bridgehead atoms. The molecule has 0 saturated carbocycles. The van der Waals surface area contributed by atoms with E-state index in [9.17, 15) is 13.2 Å². The largest absolute Gasteiger partial charge is 0.432 e. The highest BCUT2D eigenvalue weighted by molar-refractivity contribution is 5.81. The van der Waals surface area contributed by atoms with Gasteiger partial charge in [0.1, 0.15) is 0 Å². The van der Waals surface area contributed by atoms with Gasteiger partial charge in [0.05, 0.1) is 11.9 Å². The lowest BCUT2D eigenvalue weighted by molar-refractivity contribution is -0.0521. The van der Waals surface area contributed by atoms with Crippen molar-refractivity contribution in [1.82, 2.24) is 0 Å². The molecule has 0 radical (unpaired) electrons. The predicted octanol–water partition coefficient (Wildman–Crippen LogP) is 3.87. The van der Waals surface area contributed by atoms with Gasteiger partial charge in [0.15, 0.2) is 11.6 Å². The summed E-state index contributed by atoms with van der Waals surface area (Å²) in [6, 6.07) is 13.0. The van der Waals surface area contributed by atoms with Crippen LogP contribution in [-0.2, 0) is 0 Å². The number of halogens is 3. The van der Waals surface area contributed by atoms with Gasteiger partial charge in [-0.3, -0.25) is 5.43 Å². The Kier molecular flexibility index (Phi) is 4.60. The molecule has 0 aromatic heterocycles. The SMILES string of the molecule is Fc1c(C=NNc2ccccc2)cccc1OC(F)F. The molecule has 2 rings (SSSR count). The van der Waals surface area contributed by atoms with Crippen LogP contribution >= 0.6 is 0 Å². The number of hydrazone groups is 1. The van der Waals surface area contributed by atoms with Crippen molar-refractivity contribution in [3.05, 3.63) is 59.9 Å². The van der Waals surface area contributed by atoms with E-state index in [2.05, 4.69) is 15.3 Å². The number of para-hydroxylation sites is 1. The molecule has 0 fully saturated rings. The Balaban J connectivity index is 2.09. The molecule has 0 aliphatic carbocycles. The van der Waals surface area contributed by atoms with Gasteiger partial charge in [-0.05, 0) is 18.2 Å². The van der Waals surface area contributed by atoms with Gasteiger partial charge in [0.25, 0.3) is 0 Å². The minimum absolute atomic E-state index is 0.0478. The van der Waals surface area contributed by atoms with Gasteiger partial charge >= 0.3 is 6.61 Å². The van der Waals surface area contributed by atoms with Crippen LogP contribution in [0.15, 0.2) is 53.6 Å². The molecule has 1 N–H and O–H groups in total. The van der Waals surface area contributed by atoms with Crippen molar-refractivity contribution in [3.63, 3.8) is 0 Å². The topological polar surface area (TPSA) is 33.6 Å². The molecule has 0 aliphatic rings. The molecule has 0 heterocycles. The van der Waals surface area contributed by atoms with Crippen LogP contribution in [0.25, 0.3) is 0 Å². The molecule has 0 unspecified atom stereocenters. The van der Waals surface area contributed by atoms with E-state index in [4.69, 9.17) is 0 Å². The number of ether oxygens (including phenoxy) is 1. The lowest BCUT2D eigenvalue weighted by atomic mass is 10.2. The van der Waals surface area contributed by atoms with Gasteiger partial charge in [-0.15, -0.1) is 0 Å². The molecule has 0 spiro atoms. The van der Waals surface area contributed by atoms with E-state index in [0.717, 1.165) is 11.8 Å². The highest BCUT2D eigenvalue weighted by Gasteiger charge is 2.11.